The van der Waals surface area contributed by atoms with E-state index in [0.29, 0.717) is 52.0 Å². The highest BCUT2D eigenvalue weighted by molar-refractivity contribution is 7.18. The topological polar surface area (TPSA) is 82.4 Å². The van der Waals surface area contributed by atoms with Gasteiger partial charge in [0.1, 0.15) is 16.8 Å². The first-order chi connectivity index (χ1) is 13.0. The Hall–Kier alpha value is -2.85. The Balaban J connectivity index is 2.28. The van der Waals surface area contributed by atoms with E-state index in [1.54, 1.807) is 36.1 Å². The van der Waals surface area contributed by atoms with Crippen molar-refractivity contribution in [2.24, 2.45) is 0 Å². The third-order valence-corrected chi connectivity index (χ3v) is 5.35. The minimum absolute atomic E-state index is 0.124. The van der Waals surface area contributed by atoms with Crippen molar-refractivity contribution in [1.82, 2.24) is 4.90 Å². The van der Waals surface area contributed by atoms with Crippen LogP contribution >= 0.6 is 11.3 Å². The van der Waals surface area contributed by atoms with E-state index in [2.05, 4.69) is 11.4 Å². The fourth-order valence-corrected chi connectivity index (χ4v) is 3.76. The van der Waals surface area contributed by atoms with E-state index in [9.17, 15) is 14.9 Å². The summed E-state index contributed by atoms with van der Waals surface area (Å²) in [5, 5.41) is 12.6. The van der Waals surface area contributed by atoms with Gasteiger partial charge in [-0.05, 0) is 57.5 Å². The molecule has 2 rings (SSSR count). The summed E-state index contributed by atoms with van der Waals surface area (Å²) in [7, 11) is 0. The first-order valence-electron chi connectivity index (χ1n) is 8.83. The van der Waals surface area contributed by atoms with Crippen LogP contribution in [-0.4, -0.2) is 36.4 Å². The molecule has 1 N–H and O–H groups in total. The van der Waals surface area contributed by atoms with Crippen molar-refractivity contribution in [1.29, 1.82) is 5.26 Å². The minimum atomic E-state index is -0.336. The highest BCUT2D eigenvalue weighted by atomic mass is 32.1. The zero-order valence-electron chi connectivity index (χ0n) is 16.0. The Labute approximate surface area is 163 Å². The van der Waals surface area contributed by atoms with Gasteiger partial charge in [-0.15, -0.1) is 11.3 Å². The zero-order chi connectivity index (χ0) is 20.0. The summed E-state index contributed by atoms with van der Waals surface area (Å²) in [5.74, 6) is 0.226. The molecule has 2 aromatic rings. The molecule has 142 valence electrons. The molecule has 0 aliphatic carbocycles. The van der Waals surface area contributed by atoms with E-state index >= 15 is 0 Å². The van der Waals surface area contributed by atoms with Gasteiger partial charge in [0.05, 0.1) is 17.0 Å². The third-order valence-electron chi connectivity index (χ3n) is 4.16. The fourth-order valence-electron chi connectivity index (χ4n) is 2.64. The maximum Gasteiger partial charge on any atom is 0.264 e. The number of carbonyl (C=O) groups excluding carboxylic acids is 2. The second kappa shape index (κ2) is 9.19. The van der Waals surface area contributed by atoms with Crippen LogP contribution in [0.15, 0.2) is 24.3 Å². The first kappa shape index (κ1) is 20.5. The molecule has 0 bridgehead atoms. The van der Waals surface area contributed by atoms with E-state index in [-0.39, 0.29) is 11.8 Å². The SMILES string of the molecule is CCOc1ccc(C(=O)Nc2sc(C(=O)N(CC)CC)c(C)c2C#N)cc1. The molecule has 27 heavy (non-hydrogen) atoms. The summed E-state index contributed by atoms with van der Waals surface area (Å²) in [6.07, 6.45) is 0. The van der Waals surface area contributed by atoms with E-state index in [4.69, 9.17) is 4.74 Å². The number of nitrogens with one attached hydrogen (secondary N) is 1. The molecule has 7 heteroatoms. The highest BCUT2D eigenvalue weighted by Gasteiger charge is 2.24. The van der Waals surface area contributed by atoms with Crippen molar-refractivity contribution in [2.75, 3.05) is 25.0 Å². The average molecular weight is 385 g/mol. The highest BCUT2D eigenvalue weighted by Crippen LogP contribution is 2.33. The normalized spacial score (nSPS) is 10.2. The van der Waals surface area contributed by atoms with E-state index in [1.807, 2.05) is 20.8 Å². The Bertz CT molecular complexity index is 862. The summed E-state index contributed by atoms with van der Waals surface area (Å²) in [5.41, 5.74) is 1.38. The monoisotopic (exact) mass is 385 g/mol. The summed E-state index contributed by atoms with van der Waals surface area (Å²) in [4.78, 5) is 27.4. The van der Waals surface area contributed by atoms with Gasteiger partial charge in [-0.3, -0.25) is 9.59 Å². The van der Waals surface area contributed by atoms with E-state index in [0.717, 1.165) is 11.3 Å². The van der Waals surface area contributed by atoms with Crippen molar-refractivity contribution < 1.29 is 14.3 Å². The second-order valence-electron chi connectivity index (χ2n) is 5.76. The van der Waals surface area contributed by atoms with Crippen molar-refractivity contribution in [3.05, 3.63) is 45.8 Å². The Kier molecular flexibility index (Phi) is 6.97. The molecule has 1 aromatic heterocycles. The van der Waals surface area contributed by atoms with Gasteiger partial charge >= 0.3 is 0 Å². The number of amides is 2. The molecule has 0 spiro atoms. The zero-order valence-corrected chi connectivity index (χ0v) is 16.8. The number of rotatable bonds is 7. The fraction of sp³-hybridized carbons (Fsp3) is 0.350. The average Bonchev–Trinajstić information content (AvgIpc) is 2.98. The lowest BCUT2D eigenvalue weighted by atomic mass is 10.1. The van der Waals surface area contributed by atoms with Gasteiger partial charge in [0.25, 0.3) is 11.8 Å². The molecule has 0 fully saturated rings. The molecule has 0 atom stereocenters. The van der Waals surface area contributed by atoms with Crippen LogP contribution in [0.25, 0.3) is 0 Å². The number of thiophene rings is 1. The minimum Gasteiger partial charge on any atom is -0.494 e. The van der Waals surface area contributed by atoms with Crippen LogP contribution in [0.3, 0.4) is 0 Å². The van der Waals surface area contributed by atoms with Crippen LogP contribution in [-0.2, 0) is 0 Å². The van der Waals surface area contributed by atoms with Crippen LogP contribution in [0.5, 0.6) is 5.75 Å². The molecular formula is C20H23N3O3S. The molecule has 0 radical (unpaired) electrons. The first-order valence-corrected chi connectivity index (χ1v) is 9.65. The van der Waals surface area contributed by atoms with Gasteiger partial charge in [0.15, 0.2) is 0 Å². The molecule has 2 amide bonds. The van der Waals surface area contributed by atoms with Crippen molar-refractivity contribution in [3.8, 4) is 11.8 Å². The van der Waals surface area contributed by atoms with E-state index < -0.39 is 0 Å². The predicted octanol–water partition coefficient (Wildman–Crippen LogP) is 4.06. The van der Waals surface area contributed by atoms with Crippen LogP contribution in [0, 0.1) is 18.3 Å². The number of carbonyl (C=O) groups is 2. The maximum absolute atomic E-state index is 12.7. The Morgan fingerprint density at radius 2 is 1.81 bits per heavy atom. The molecule has 0 saturated heterocycles. The number of nitrogens with zero attached hydrogens (tertiary/aromatic N) is 2. The Morgan fingerprint density at radius 3 is 2.33 bits per heavy atom. The van der Waals surface area contributed by atoms with Crippen molar-refractivity contribution in [3.63, 3.8) is 0 Å². The van der Waals surface area contributed by atoms with Gasteiger partial charge in [0, 0.05) is 18.7 Å². The van der Waals surface area contributed by atoms with Gasteiger partial charge in [-0.2, -0.15) is 5.26 Å². The summed E-state index contributed by atoms with van der Waals surface area (Å²) >= 11 is 1.14. The molecule has 1 heterocycles. The molecule has 0 saturated carbocycles. The smallest absolute Gasteiger partial charge is 0.264 e. The van der Waals surface area contributed by atoms with Gasteiger partial charge in [-0.1, -0.05) is 0 Å². The van der Waals surface area contributed by atoms with Gasteiger partial charge < -0.3 is 15.0 Å². The summed E-state index contributed by atoms with van der Waals surface area (Å²) < 4.78 is 5.37. The predicted molar refractivity (Wildman–Crippen MR) is 107 cm³/mol. The summed E-state index contributed by atoms with van der Waals surface area (Å²) in [6.45, 7) is 9.16. The van der Waals surface area contributed by atoms with Gasteiger partial charge in [0.2, 0.25) is 0 Å². The quantitative estimate of drug-likeness (QED) is 0.779. The van der Waals surface area contributed by atoms with Crippen LogP contribution in [0.1, 0.15) is 51.9 Å². The molecule has 0 aliphatic heterocycles. The van der Waals surface area contributed by atoms with Crippen molar-refractivity contribution in [2.45, 2.75) is 27.7 Å². The lowest BCUT2D eigenvalue weighted by Crippen LogP contribution is -2.30. The van der Waals surface area contributed by atoms with Gasteiger partial charge in [-0.25, -0.2) is 0 Å². The second-order valence-corrected chi connectivity index (χ2v) is 6.78. The molecule has 0 aliphatic rings. The van der Waals surface area contributed by atoms with Crippen LogP contribution < -0.4 is 10.1 Å². The van der Waals surface area contributed by atoms with Crippen molar-refractivity contribution >= 4 is 28.2 Å². The number of benzene rings is 1. The largest absolute Gasteiger partial charge is 0.494 e. The lowest BCUT2D eigenvalue weighted by Gasteiger charge is -2.17. The molecule has 6 nitrogen and oxygen atoms in total. The number of anilines is 1. The van der Waals surface area contributed by atoms with Crippen LogP contribution in [0.2, 0.25) is 0 Å². The summed E-state index contributed by atoms with van der Waals surface area (Å²) in [6, 6.07) is 8.87. The maximum atomic E-state index is 12.7. The standard InChI is InChI=1S/C20H23N3O3S/c1-5-23(6-2)20(25)17-13(4)16(12-21)19(27-17)22-18(24)14-8-10-15(11-9-14)26-7-3/h8-11H,5-7H2,1-4H3,(H,22,24). The molecule has 0 unspecified atom stereocenters. The third kappa shape index (κ3) is 4.47. The number of hydrogen-bond acceptors (Lipinski definition) is 5. The molecular weight excluding hydrogens is 362 g/mol. The number of hydrogen-bond donors (Lipinski definition) is 1. The van der Waals surface area contributed by atoms with Crippen LogP contribution in [0.4, 0.5) is 5.00 Å². The molecule has 1 aromatic carbocycles. The number of ether oxygens (including phenoxy) is 1. The number of nitriles is 1. The van der Waals surface area contributed by atoms with E-state index in [1.165, 1.54) is 0 Å². The Morgan fingerprint density at radius 1 is 1.19 bits per heavy atom. The lowest BCUT2D eigenvalue weighted by molar-refractivity contribution is 0.0777.